The summed E-state index contributed by atoms with van der Waals surface area (Å²) in [6, 6.07) is 8.52. The number of nitrogens with zero attached hydrogens (tertiary/aromatic N) is 1. The molecular weight excluding hydrogens is 290 g/mol. The van der Waals surface area contributed by atoms with Crippen LogP contribution < -0.4 is 0 Å². The number of piperidine rings is 1. The molecule has 2 atom stereocenters. The highest BCUT2D eigenvalue weighted by molar-refractivity contribution is 5.68. The zero-order chi connectivity index (χ0) is 17.0. The number of hydrogen-bond donors (Lipinski definition) is 1. The van der Waals surface area contributed by atoms with Crippen molar-refractivity contribution >= 4 is 6.09 Å². The molecule has 1 N–H and O–H groups in total. The quantitative estimate of drug-likeness (QED) is 0.929. The van der Waals surface area contributed by atoms with Gasteiger partial charge >= 0.3 is 6.09 Å². The van der Waals surface area contributed by atoms with Gasteiger partial charge in [-0.2, -0.15) is 0 Å². The van der Waals surface area contributed by atoms with Crippen LogP contribution in [0.2, 0.25) is 0 Å². The van der Waals surface area contributed by atoms with Crippen LogP contribution in [-0.4, -0.2) is 40.9 Å². The lowest BCUT2D eigenvalue weighted by atomic mass is 9.88. The van der Waals surface area contributed by atoms with Crippen LogP contribution in [0.1, 0.15) is 45.2 Å². The van der Waals surface area contributed by atoms with E-state index in [4.69, 9.17) is 4.74 Å². The van der Waals surface area contributed by atoms with Gasteiger partial charge in [0.05, 0.1) is 6.10 Å². The highest BCUT2D eigenvalue weighted by Gasteiger charge is 2.32. The van der Waals surface area contributed by atoms with E-state index in [1.165, 1.54) is 11.1 Å². The molecule has 1 fully saturated rings. The van der Waals surface area contributed by atoms with Crippen molar-refractivity contribution in [3.63, 3.8) is 0 Å². The van der Waals surface area contributed by atoms with Crippen molar-refractivity contribution in [1.82, 2.24) is 4.90 Å². The smallest absolute Gasteiger partial charge is 0.410 e. The van der Waals surface area contributed by atoms with Crippen LogP contribution in [-0.2, 0) is 17.6 Å². The summed E-state index contributed by atoms with van der Waals surface area (Å²) in [5.41, 5.74) is 2.03. The van der Waals surface area contributed by atoms with E-state index in [9.17, 15) is 9.90 Å². The number of aryl methyl sites for hydroxylation is 1. The van der Waals surface area contributed by atoms with Crippen LogP contribution in [0.4, 0.5) is 4.79 Å². The lowest BCUT2D eigenvalue weighted by Gasteiger charge is -2.37. The number of aliphatic hydroxyl groups excluding tert-OH is 1. The fourth-order valence-corrected chi connectivity index (χ4v) is 2.93. The van der Waals surface area contributed by atoms with Crippen molar-refractivity contribution in [1.29, 1.82) is 0 Å². The molecule has 0 aliphatic carbocycles. The molecule has 1 amide bonds. The Kier molecular flexibility index (Phi) is 5.69. The maximum atomic E-state index is 12.2. The fraction of sp³-hybridized carbons (Fsp3) is 0.632. The molecule has 1 heterocycles. The molecule has 1 aromatic carbocycles. The first-order chi connectivity index (χ1) is 10.8. The molecule has 128 valence electrons. The van der Waals surface area contributed by atoms with E-state index < -0.39 is 5.60 Å². The summed E-state index contributed by atoms with van der Waals surface area (Å²) in [6.45, 7) is 8.86. The predicted octanol–water partition coefficient (Wildman–Crippen LogP) is 3.41. The largest absolute Gasteiger partial charge is 0.444 e. The topological polar surface area (TPSA) is 49.8 Å². The van der Waals surface area contributed by atoms with Gasteiger partial charge in [0, 0.05) is 19.0 Å². The molecule has 0 radical (unpaired) electrons. The predicted molar refractivity (Wildman–Crippen MR) is 91.4 cm³/mol. The first-order valence-electron chi connectivity index (χ1n) is 8.52. The second-order valence-corrected chi connectivity index (χ2v) is 7.42. The van der Waals surface area contributed by atoms with Crippen molar-refractivity contribution in [2.75, 3.05) is 13.1 Å². The molecule has 0 aromatic heterocycles. The van der Waals surface area contributed by atoms with Crippen LogP contribution in [0.15, 0.2) is 24.3 Å². The molecule has 0 spiro atoms. The van der Waals surface area contributed by atoms with Gasteiger partial charge < -0.3 is 14.7 Å². The maximum absolute atomic E-state index is 12.2. The Hall–Kier alpha value is -1.55. The van der Waals surface area contributed by atoms with Gasteiger partial charge in [-0.1, -0.05) is 31.2 Å². The summed E-state index contributed by atoms with van der Waals surface area (Å²) in [5, 5.41) is 10.3. The van der Waals surface area contributed by atoms with E-state index >= 15 is 0 Å². The van der Waals surface area contributed by atoms with Crippen molar-refractivity contribution in [2.45, 2.75) is 58.7 Å². The molecule has 0 saturated carbocycles. The summed E-state index contributed by atoms with van der Waals surface area (Å²) in [6.07, 6.45) is 1.77. The highest BCUT2D eigenvalue weighted by atomic mass is 16.6. The molecule has 1 aromatic rings. The second kappa shape index (κ2) is 7.35. The number of rotatable bonds is 3. The minimum Gasteiger partial charge on any atom is -0.444 e. The summed E-state index contributed by atoms with van der Waals surface area (Å²) in [7, 11) is 0. The lowest BCUT2D eigenvalue weighted by molar-refractivity contribution is -0.00823. The van der Waals surface area contributed by atoms with Crippen molar-refractivity contribution in [2.24, 2.45) is 5.92 Å². The van der Waals surface area contributed by atoms with Crippen LogP contribution in [0.25, 0.3) is 0 Å². The first kappa shape index (κ1) is 17.8. The Morgan fingerprint density at radius 3 is 2.43 bits per heavy atom. The third-order valence-corrected chi connectivity index (χ3v) is 4.27. The lowest BCUT2D eigenvalue weighted by Crippen LogP contribution is -2.48. The van der Waals surface area contributed by atoms with E-state index in [1.807, 2.05) is 20.8 Å². The van der Waals surface area contributed by atoms with E-state index in [2.05, 4.69) is 31.2 Å². The Morgan fingerprint density at radius 2 is 1.87 bits per heavy atom. The van der Waals surface area contributed by atoms with Gasteiger partial charge in [0.2, 0.25) is 0 Å². The molecule has 1 aliphatic rings. The summed E-state index contributed by atoms with van der Waals surface area (Å²) in [5.74, 6) is 0.0590. The van der Waals surface area contributed by atoms with Gasteiger partial charge in [0.15, 0.2) is 0 Å². The molecule has 1 aliphatic heterocycles. The summed E-state index contributed by atoms with van der Waals surface area (Å²) in [4.78, 5) is 13.9. The van der Waals surface area contributed by atoms with Gasteiger partial charge in [-0.15, -0.1) is 0 Å². The van der Waals surface area contributed by atoms with E-state index in [0.717, 1.165) is 12.8 Å². The van der Waals surface area contributed by atoms with Crippen LogP contribution in [0.3, 0.4) is 0 Å². The molecule has 2 rings (SSSR count). The molecule has 4 nitrogen and oxygen atoms in total. The molecule has 0 bridgehead atoms. The van der Waals surface area contributed by atoms with Crippen molar-refractivity contribution < 1.29 is 14.6 Å². The first-order valence-corrected chi connectivity index (χ1v) is 8.52. The number of aliphatic hydroxyl groups is 1. The number of carbonyl (C=O) groups is 1. The van der Waals surface area contributed by atoms with E-state index in [1.54, 1.807) is 4.90 Å². The van der Waals surface area contributed by atoms with Crippen molar-refractivity contribution in [3.8, 4) is 0 Å². The number of carbonyl (C=O) groups excluding carboxylic acids is 1. The molecule has 4 heteroatoms. The molecule has 23 heavy (non-hydrogen) atoms. The standard InChI is InChI=1S/C19H29NO3/c1-5-14-6-8-15(9-7-14)12-16-13-20(11-10-17(16)21)18(22)23-19(2,3)4/h6-9,16-17,21H,5,10-13H2,1-4H3. The number of ether oxygens (including phenoxy) is 1. The summed E-state index contributed by atoms with van der Waals surface area (Å²) >= 11 is 0. The number of amides is 1. The highest BCUT2D eigenvalue weighted by Crippen LogP contribution is 2.23. The minimum atomic E-state index is -0.487. The number of benzene rings is 1. The Morgan fingerprint density at radius 1 is 1.26 bits per heavy atom. The van der Waals surface area contributed by atoms with E-state index in [-0.39, 0.29) is 18.1 Å². The Balaban J connectivity index is 1.98. The van der Waals surface area contributed by atoms with Gasteiger partial charge in [0.1, 0.15) is 5.60 Å². The normalized spacial score (nSPS) is 22.0. The average molecular weight is 319 g/mol. The maximum Gasteiger partial charge on any atom is 0.410 e. The summed E-state index contributed by atoms with van der Waals surface area (Å²) < 4.78 is 5.45. The van der Waals surface area contributed by atoms with Gasteiger partial charge in [-0.3, -0.25) is 0 Å². The van der Waals surface area contributed by atoms with Gasteiger partial charge in [-0.25, -0.2) is 4.79 Å². The molecular formula is C19H29NO3. The Labute approximate surface area is 139 Å². The average Bonchev–Trinajstić information content (AvgIpc) is 2.48. The third kappa shape index (κ3) is 5.24. The van der Waals surface area contributed by atoms with Gasteiger partial charge in [-0.05, 0) is 51.2 Å². The third-order valence-electron chi connectivity index (χ3n) is 4.27. The van der Waals surface area contributed by atoms with Crippen LogP contribution >= 0.6 is 0 Å². The van der Waals surface area contributed by atoms with Crippen LogP contribution in [0.5, 0.6) is 0 Å². The zero-order valence-electron chi connectivity index (χ0n) is 14.7. The number of hydrogen-bond acceptors (Lipinski definition) is 3. The molecule has 1 saturated heterocycles. The second-order valence-electron chi connectivity index (χ2n) is 7.42. The molecule has 2 unspecified atom stereocenters. The SMILES string of the molecule is CCc1ccc(CC2CN(C(=O)OC(C)(C)C)CCC2O)cc1. The fourth-order valence-electron chi connectivity index (χ4n) is 2.93. The zero-order valence-corrected chi connectivity index (χ0v) is 14.7. The van der Waals surface area contributed by atoms with Crippen LogP contribution in [0, 0.1) is 5.92 Å². The minimum absolute atomic E-state index is 0.0590. The number of likely N-dealkylation sites (tertiary alicyclic amines) is 1. The van der Waals surface area contributed by atoms with E-state index in [0.29, 0.717) is 19.5 Å². The Bertz CT molecular complexity index is 518. The monoisotopic (exact) mass is 319 g/mol. The van der Waals surface area contributed by atoms with Gasteiger partial charge in [0.25, 0.3) is 0 Å². The van der Waals surface area contributed by atoms with Crippen molar-refractivity contribution in [3.05, 3.63) is 35.4 Å².